The molecule has 0 unspecified atom stereocenters. The third-order valence-electron chi connectivity index (χ3n) is 1.19. The van der Waals surface area contributed by atoms with Crippen LogP contribution < -0.4 is 0 Å². The third-order valence-corrected chi connectivity index (χ3v) is 4.91. The van der Waals surface area contributed by atoms with Crippen molar-refractivity contribution in [2.24, 2.45) is 0 Å². The largest absolute Gasteiger partial charge is 0.132 e. The van der Waals surface area contributed by atoms with Crippen molar-refractivity contribution in [1.29, 1.82) is 0 Å². The molecule has 0 atom stereocenters. The van der Waals surface area contributed by atoms with E-state index in [1.54, 1.807) is 22.7 Å². The van der Waals surface area contributed by atoms with E-state index in [2.05, 4.69) is 43.3 Å². The van der Waals surface area contributed by atoms with Gasteiger partial charge in [-0.05, 0) is 37.9 Å². The van der Waals surface area contributed by atoms with E-state index in [0.29, 0.717) is 0 Å². The first-order chi connectivity index (χ1) is 4.77. The highest BCUT2D eigenvalue weighted by Gasteiger charge is 2.03. The Labute approximate surface area is 83.1 Å². The van der Waals surface area contributed by atoms with Crippen molar-refractivity contribution in [3.63, 3.8) is 0 Å². The van der Waals surface area contributed by atoms with Gasteiger partial charge in [0.05, 0.1) is 7.80 Å². The Morgan fingerprint density at radius 3 is 2.80 bits per heavy atom. The maximum Gasteiger partial charge on any atom is 0.0888 e. The lowest BCUT2D eigenvalue weighted by Gasteiger charge is -1.74. The molecule has 0 radical (unpaired) electrons. The van der Waals surface area contributed by atoms with Crippen LogP contribution in [0.2, 0.25) is 0 Å². The summed E-state index contributed by atoms with van der Waals surface area (Å²) in [5.41, 5.74) is 0. The quantitative estimate of drug-likeness (QED) is 0.672. The second kappa shape index (κ2) is 2.59. The molecule has 0 aliphatic rings. The van der Waals surface area contributed by atoms with Gasteiger partial charge < -0.3 is 0 Å². The zero-order valence-corrected chi connectivity index (χ0v) is 9.53. The molecular formula is C6H2Br2S2. The molecular weight excluding hydrogens is 296 g/mol. The van der Waals surface area contributed by atoms with Crippen molar-refractivity contribution in [3.8, 4) is 0 Å². The number of thiophene rings is 2. The molecule has 0 bridgehead atoms. The molecule has 2 aromatic rings. The highest BCUT2D eigenvalue weighted by molar-refractivity contribution is 9.11. The fourth-order valence-corrected chi connectivity index (χ4v) is 4.53. The van der Waals surface area contributed by atoms with Crippen molar-refractivity contribution in [2.75, 3.05) is 0 Å². The summed E-state index contributed by atoms with van der Waals surface area (Å²) < 4.78 is 3.78. The van der Waals surface area contributed by atoms with Crippen LogP contribution in [0, 0.1) is 0 Å². The maximum absolute atomic E-state index is 3.48. The summed E-state index contributed by atoms with van der Waals surface area (Å²) in [4.78, 5) is 0. The van der Waals surface area contributed by atoms with Crippen molar-refractivity contribution in [1.82, 2.24) is 0 Å². The van der Waals surface area contributed by atoms with Crippen LogP contribution in [0.5, 0.6) is 0 Å². The van der Waals surface area contributed by atoms with Crippen LogP contribution >= 0.6 is 54.5 Å². The van der Waals surface area contributed by atoms with Gasteiger partial charge in [-0.1, -0.05) is 0 Å². The first-order valence-corrected chi connectivity index (χ1v) is 5.87. The Morgan fingerprint density at radius 2 is 2.10 bits per heavy atom. The monoisotopic (exact) mass is 296 g/mol. The van der Waals surface area contributed by atoms with Crippen LogP contribution in [0.25, 0.3) is 9.40 Å². The van der Waals surface area contributed by atoms with Gasteiger partial charge in [0.2, 0.25) is 0 Å². The number of hydrogen-bond acceptors (Lipinski definition) is 2. The molecule has 0 nitrogen and oxygen atoms in total. The predicted molar refractivity (Wildman–Crippen MR) is 55.1 cm³/mol. The fourth-order valence-electron chi connectivity index (χ4n) is 0.768. The topological polar surface area (TPSA) is 0 Å². The van der Waals surface area contributed by atoms with E-state index in [4.69, 9.17) is 0 Å². The number of hydrogen-bond donors (Lipinski definition) is 0. The zero-order chi connectivity index (χ0) is 7.14. The molecule has 0 saturated heterocycles. The molecule has 0 fully saturated rings. The highest BCUT2D eigenvalue weighted by atomic mass is 79.9. The SMILES string of the molecule is Brc1cc2c(Br)csc2s1. The molecule has 0 spiro atoms. The highest BCUT2D eigenvalue weighted by Crippen LogP contribution is 2.38. The lowest BCUT2D eigenvalue weighted by Crippen LogP contribution is -1.48. The van der Waals surface area contributed by atoms with Gasteiger partial charge in [0.1, 0.15) is 0 Å². The fraction of sp³-hybridized carbons (Fsp3) is 0. The van der Waals surface area contributed by atoms with E-state index in [1.807, 2.05) is 0 Å². The van der Waals surface area contributed by atoms with Crippen molar-refractivity contribution < 1.29 is 0 Å². The molecule has 2 heterocycles. The van der Waals surface area contributed by atoms with E-state index in [9.17, 15) is 0 Å². The minimum atomic E-state index is 1.20. The van der Waals surface area contributed by atoms with E-state index in [-0.39, 0.29) is 0 Å². The Hall–Kier alpha value is 0.620. The van der Waals surface area contributed by atoms with E-state index in [1.165, 1.54) is 17.7 Å². The third kappa shape index (κ3) is 1.07. The Morgan fingerprint density at radius 1 is 1.30 bits per heavy atom. The number of fused-ring (bicyclic) bond motifs is 1. The maximum atomic E-state index is 3.48. The molecule has 2 rings (SSSR count). The van der Waals surface area contributed by atoms with E-state index < -0.39 is 0 Å². The van der Waals surface area contributed by atoms with Crippen LogP contribution in [0.3, 0.4) is 0 Å². The smallest absolute Gasteiger partial charge is 0.0888 e. The second-order valence-corrected chi connectivity index (χ2v) is 6.26. The zero-order valence-electron chi connectivity index (χ0n) is 4.73. The summed E-state index contributed by atoms with van der Waals surface area (Å²) in [7, 11) is 0. The lowest BCUT2D eigenvalue weighted by molar-refractivity contribution is 1.97. The van der Waals surface area contributed by atoms with Crippen LogP contribution in [0.4, 0.5) is 0 Å². The van der Waals surface area contributed by atoms with Crippen LogP contribution in [0.15, 0.2) is 19.7 Å². The van der Waals surface area contributed by atoms with E-state index >= 15 is 0 Å². The molecule has 2 aromatic heterocycles. The van der Waals surface area contributed by atoms with Crippen LogP contribution in [-0.2, 0) is 0 Å². The summed E-state index contributed by atoms with van der Waals surface area (Å²) >= 11 is 10.5. The molecule has 0 saturated carbocycles. The normalized spacial score (nSPS) is 11.0. The van der Waals surface area contributed by atoms with Crippen molar-refractivity contribution in [3.05, 3.63) is 19.7 Å². The van der Waals surface area contributed by atoms with Gasteiger partial charge in [0, 0.05) is 15.2 Å². The molecule has 0 amide bonds. The summed E-state index contributed by atoms with van der Waals surface area (Å²) in [6, 6.07) is 2.14. The molecule has 10 heavy (non-hydrogen) atoms. The van der Waals surface area contributed by atoms with Crippen LogP contribution in [-0.4, -0.2) is 0 Å². The summed E-state index contributed by atoms with van der Waals surface area (Å²) in [5, 5.41) is 3.44. The first kappa shape index (κ1) is 7.28. The van der Waals surface area contributed by atoms with Gasteiger partial charge in [0.15, 0.2) is 0 Å². The summed E-state index contributed by atoms with van der Waals surface area (Å²) in [6.45, 7) is 0. The number of halogens is 2. The molecule has 0 aromatic carbocycles. The molecule has 0 aliphatic carbocycles. The van der Waals surface area contributed by atoms with Gasteiger partial charge in [-0.25, -0.2) is 0 Å². The Kier molecular flexibility index (Phi) is 1.88. The van der Waals surface area contributed by atoms with Gasteiger partial charge in [-0.2, -0.15) is 0 Å². The van der Waals surface area contributed by atoms with Gasteiger partial charge in [-0.3, -0.25) is 0 Å². The van der Waals surface area contributed by atoms with Gasteiger partial charge in [0.25, 0.3) is 0 Å². The standard InChI is InChI=1S/C6H2Br2S2/c7-4-2-9-6-3(4)1-5(8)10-6/h1-2H. The Balaban J connectivity index is 2.90. The number of rotatable bonds is 0. The average molecular weight is 298 g/mol. The predicted octanol–water partition coefficient (Wildman–Crippen LogP) is 4.49. The summed E-state index contributed by atoms with van der Waals surface area (Å²) in [6.07, 6.45) is 0. The van der Waals surface area contributed by atoms with E-state index in [0.717, 1.165) is 0 Å². The second-order valence-electron chi connectivity index (χ2n) is 1.84. The molecule has 52 valence electrons. The molecule has 0 aliphatic heterocycles. The summed E-state index contributed by atoms with van der Waals surface area (Å²) in [5.74, 6) is 0. The first-order valence-electron chi connectivity index (χ1n) is 2.59. The lowest BCUT2D eigenvalue weighted by atomic mass is 10.4. The van der Waals surface area contributed by atoms with Crippen LogP contribution in [0.1, 0.15) is 0 Å². The Bertz CT molecular complexity index is 361. The minimum absolute atomic E-state index is 1.20. The molecule has 4 heteroatoms. The van der Waals surface area contributed by atoms with Gasteiger partial charge in [-0.15, -0.1) is 22.7 Å². The minimum Gasteiger partial charge on any atom is -0.132 e. The average Bonchev–Trinajstić information content (AvgIpc) is 2.35. The molecule has 0 N–H and O–H groups in total. The van der Waals surface area contributed by atoms with Gasteiger partial charge >= 0.3 is 0 Å². The van der Waals surface area contributed by atoms with Crippen molar-refractivity contribution in [2.45, 2.75) is 0 Å². The van der Waals surface area contributed by atoms with Crippen molar-refractivity contribution >= 4 is 63.9 Å².